The molecule has 2 N–H and O–H groups in total. The monoisotopic (exact) mass is 386 g/mol. The van der Waals surface area contributed by atoms with Crippen molar-refractivity contribution in [2.45, 2.75) is 44.2 Å². The maximum absolute atomic E-state index is 13.2. The molecule has 1 aliphatic carbocycles. The second kappa shape index (κ2) is 9.06. The quantitative estimate of drug-likeness (QED) is 0.752. The highest BCUT2D eigenvalue weighted by Gasteiger charge is 2.31. The van der Waals surface area contributed by atoms with E-state index in [-0.39, 0.29) is 29.7 Å². The first-order valence-electron chi connectivity index (χ1n) is 9.56. The highest BCUT2D eigenvalue weighted by atomic mass is 19.1. The molecule has 1 amide bonds. The van der Waals surface area contributed by atoms with Gasteiger partial charge in [-0.3, -0.25) is 4.79 Å². The number of rotatable bonds is 7. The molecule has 0 radical (unpaired) electrons. The predicted molar refractivity (Wildman–Crippen MR) is 108 cm³/mol. The van der Waals surface area contributed by atoms with Gasteiger partial charge in [0.05, 0.1) is 25.9 Å². The third kappa shape index (κ3) is 4.62. The number of hydrogen-bond donors (Lipinski definition) is 2. The zero-order chi connectivity index (χ0) is 20.1. The molecule has 1 aliphatic rings. The van der Waals surface area contributed by atoms with Gasteiger partial charge < -0.3 is 20.1 Å². The molecule has 6 heteroatoms. The topological polar surface area (TPSA) is 59.6 Å². The van der Waals surface area contributed by atoms with Gasteiger partial charge in [-0.15, -0.1) is 0 Å². The Kier molecular flexibility index (Phi) is 6.52. The molecule has 0 unspecified atom stereocenters. The zero-order valence-corrected chi connectivity index (χ0v) is 16.5. The Balaban J connectivity index is 1.66. The SMILES string of the molecule is COc1ccc(OC)c(NC(=O)[C@H](C)N[C@H]2CCC[C@@H]2c2ccc(F)cc2)c1. The van der Waals surface area contributed by atoms with E-state index >= 15 is 0 Å². The second-order valence-corrected chi connectivity index (χ2v) is 7.14. The van der Waals surface area contributed by atoms with Crippen LogP contribution in [0.25, 0.3) is 0 Å². The molecule has 2 aromatic carbocycles. The highest BCUT2D eigenvalue weighted by Crippen LogP contribution is 2.35. The van der Waals surface area contributed by atoms with Crippen LogP contribution < -0.4 is 20.1 Å². The van der Waals surface area contributed by atoms with Gasteiger partial charge in [0.25, 0.3) is 0 Å². The molecule has 5 nitrogen and oxygen atoms in total. The van der Waals surface area contributed by atoms with Crippen LogP contribution in [0.1, 0.15) is 37.7 Å². The minimum atomic E-state index is -0.387. The first-order valence-corrected chi connectivity index (χ1v) is 9.56. The van der Waals surface area contributed by atoms with Crippen LogP contribution in [0.4, 0.5) is 10.1 Å². The lowest BCUT2D eigenvalue weighted by atomic mass is 9.93. The fourth-order valence-electron chi connectivity index (χ4n) is 3.82. The molecule has 1 saturated carbocycles. The molecule has 0 aromatic heterocycles. The number of carbonyl (C=O) groups excluding carboxylic acids is 1. The van der Waals surface area contributed by atoms with Crippen LogP contribution in [0.15, 0.2) is 42.5 Å². The Morgan fingerprint density at radius 1 is 1.11 bits per heavy atom. The van der Waals surface area contributed by atoms with Gasteiger partial charge in [-0.05, 0) is 55.5 Å². The molecule has 3 rings (SSSR count). The third-order valence-corrected chi connectivity index (χ3v) is 5.34. The molecule has 1 fully saturated rings. The Hall–Kier alpha value is -2.60. The summed E-state index contributed by atoms with van der Waals surface area (Å²) in [6.07, 6.45) is 3.10. The van der Waals surface area contributed by atoms with Crippen LogP contribution in [-0.2, 0) is 4.79 Å². The Morgan fingerprint density at radius 2 is 1.86 bits per heavy atom. The smallest absolute Gasteiger partial charge is 0.241 e. The molecule has 2 aromatic rings. The summed E-state index contributed by atoms with van der Waals surface area (Å²) in [6.45, 7) is 1.85. The summed E-state index contributed by atoms with van der Waals surface area (Å²) in [5.41, 5.74) is 1.68. The van der Waals surface area contributed by atoms with Gasteiger partial charge >= 0.3 is 0 Å². The van der Waals surface area contributed by atoms with Crippen molar-refractivity contribution in [3.63, 3.8) is 0 Å². The number of benzene rings is 2. The Morgan fingerprint density at radius 3 is 2.54 bits per heavy atom. The zero-order valence-electron chi connectivity index (χ0n) is 16.5. The van der Waals surface area contributed by atoms with Gasteiger partial charge in [-0.1, -0.05) is 18.6 Å². The molecule has 0 saturated heterocycles. The molecule has 0 aliphatic heterocycles. The first kappa shape index (κ1) is 20.1. The lowest BCUT2D eigenvalue weighted by molar-refractivity contribution is -0.118. The van der Waals surface area contributed by atoms with Crippen molar-refractivity contribution in [1.82, 2.24) is 5.32 Å². The van der Waals surface area contributed by atoms with E-state index in [0.29, 0.717) is 17.2 Å². The number of halogens is 1. The lowest BCUT2D eigenvalue weighted by Crippen LogP contribution is -2.44. The van der Waals surface area contributed by atoms with E-state index in [1.807, 2.05) is 19.1 Å². The number of nitrogens with one attached hydrogen (secondary N) is 2. The summed E-state index contributed by atoms with van der Waals surface area (Å²) in [4.78, 5) is 12.7. The van der Waals surface area contributed by atoms with Gasteiger partial charge in [0.1, 0.15) is 17.3 Å². The number of carbonyl (C=O) groups is 1. The average Bonchev–Trinajstić information content (AvgIpc) is 3.16. The molecule has 0 bridgehead atoms. The van der Waals surface area contributed by atoms with Gasteiger partial charge in [0, 0.05) is 12.1 Å². The van der Waals surface area contributed by atoms with Gasteiger partial charge in [0.15, 0.2) is 0 Å². The maximum Gasteiger partial charge on any atom is 0.241 e. The van der Waals surface area contributed by atoms with Crippen molar-refractivity contribution in [3.05, 3.63) is 53.8 Å². The number of ether oxygens (including phenoxy) is 2. The summed E-state index contributed by atoms with van der Waals surface area (Å²) >= 11 is 0. The fraction of sp³-hybridized carbons (Fsp3) is 0.409. The van der Waals surface area contributed by atoms with Crippen LogP contribution in [0, 0.1) is 5.82 Å². The Labute approximate surface area is 165 Å². The van der Waals surface area contributed by atoms with E-state index < -0.39 is 0 Å². The van der Waals surface area contributed by atoms with Gasteiger partial charge in [-0.25, -0.2) is 4.39 Å². The molecule has 0 heterocycles. The van der Waals surface area contributed by atoms with Gasteiger partial charge in [0.2, 0.25) is 5.91 Å². The van der Waals surface area contributed by atoms with Crippen molar-refractivity contribution in [3.8, 4) is 11.5 Å². The summed E-state index contributed by atoms with van der Waals surface area (Å²) < 4.78 is 23.8. The van der Waals surface area contributed by atoms with Crippen molar-refractivity contribution in [1.29, 1.82) is 0 Å². The summed E-state index contributed by atoms with van der Waals surface area (Å²) in [5.74, 6) is 1.13. The van der Waals surface area contributed by atoms with E-state index in [4.69, 9.17) is 9.47 Å². The average molecular weight is 386 g/mol. The van der Waals surface area contributed by atoms with Crippen LogP contribution in [-0.4, -0.2) is 32.2 Å². The molecular weight excluding hydrogens is 359 g/mol. The second-order valence-electron chi connectivity index (χ2n) is 7.14. The minimum absolute atomic E-state index is 0.142. The number of anilines is 1. The van der Waals surface area contributed by atoms with E-state index in [0.717, 1.165) is 24.8 Å². The molecule has 28 heavy (non-hydrogen) atoms. The van der Waals surface area contributed by atoms with Crippen LogP contribution in [0.3, 0.4) is 0 Å². The Bertz CT molecular complexity index is 810. The minimum Gasteiger partial charge on any atom is -0.497 e. The van der Waals surface area contributed by atoms with E-state index in [9.17, 15) is 9.18 Å². The van der Waals surface area contributed by atoms with Crippen LogP contribution in [0.2, 0.25) is 0 Å². The number of amides is 1. The van der Waals surface area contributed by atoms with E-state index in [1.165, 1.54) is 12.1 Å². The number of hydrogen-bond acceptors (Lipinski definition) is 4. The highest BCUT2D eigenvalue weighted by molar-refractivity contribution is 5.96. The molecule has 3 atom stereocenters. The van der Waals surface area contributed by atoms with E-state index in [1.54, 1.807) is 32.4 Å². The van der Waals surface area contributed by atoms with Crippen molar-refractivity contribution < 1.29 is 18.7 Å². The summed E-state index contributed by atoms with van der Waals surface area (Å²) in [6, 6.07) is 11.7. The van der Waals surface area contributed by atoms with Gasteiger partial charge in [-0.2, -0.15) is 0 Å². The van der Waals surface area contributed by atoms with Crippen molar-refractivity contribution >= 4 is 11.6 Å². The van der Waals surface area contributed by atoms with Crippen LogP contribution in [0.5, 0.6) is 11.5 Å². The van der Waals surface area contributed by atoms with Crippen molar-refractivity contribution in [2.75, 3.05) is 19.5 Å². The molecule has 0 spiro atoms. The van der Waals surface area contributed by atoms with Crippen molar-refractivity contribution in [2.24, 2.45) is 0 Å². The predicted octanol–water partition coefficient (Wildman–Crippen LogP) is 4.10. The largest absolute Gasteiger partial charge is 0.497 e. The molecular formula is C22H27FN2O3. The van der Waals surface area contributed by atoms with Crippen LogP contribution >= 0.6 is 0 Å². The third-order valence-electron chi connectivity index (χ3n) is 5.34. The summed E-state index contributed by atoms with van der Waals surface area (Å²) in [5, 5.41) is 6.37. The maximum atomic E-state index is 13.2. The molecule has 150 valence electrons. The lowest BCUT2D eigenvalue weighted by Gasteiger charge is -2.25. The fourth-order valence-corrected chi connectivity index (χ4v) is 3.82. The first-order chi connectivity index (χ1) is 13.5. The normalized spacial score (nSPS) is 19.9. The van der Waals surface area contributed by atoms with E-state index in [2.05, 4.69) is 10.6 Å². The standard InChI is InChI=1S/C22H27FN2O3/c1-14(22(26)25-20-13-17(27-2)11-12-21(20)28-3)24-19-6-4-5-18(19)15-7-9-16(23)10-8-15/h7-14,18-19,24H,4-6H2,1-3H3,(H,25,26)/t14-,18+,19-/m0/s1. The summed E-state index contributed by atoms with van der Waals surface area (Å²) in [7, 11) is 3.14. The number of methoxy groups -OCH3 is 2.